The second-order valence-corrected chi connectivity index (χ2v) is 10.7. The fourth-order valence-corrected chi connectivity index (χ4v) is 6.20. The van der Waals surface area contributed by atoms with E-state index in [1.807, 2.05) is 6.92 Å². The van der Waals surface area contributed by atoms with Gasteiger partial charge < -0.3 is 10.1 Å². The van der Waals surface area contributed by atoms with Crippen LogP contribution in [0.15, 0.2) is 0 Å². The highest BCUT2D eigenvalue weighted by Crippen LogP contribution is 2.30. The van der Waals surface area contributed by atoms with Gasteiger partial charge in [0.15, 0.2) is 0 Å². The van der Waals surface area contributed by atoms with Gasteiger partial charge in [-0.1, -0.05) is 22.4 Å². The number of nitrogens with one attached hydrogen (secondary N) is 2. The maximum absolute atomic E-state index is 12.8. The SMILES string of the molecule is COCC(C)NC(=O)C1CCCC(S(=O)(=O)NC2CCC(Br)CC2)C1. The van der Waals surface area contributed by atoms with E-state index < -0.39 is 15.3 Å². The Morgan fingerprint density at radius 1 is 1.20 bits per heavy atom. The van der Waals surface area contributed by atoms with E-state index in [1.54, 1.807) is 7.11 Å². The molecule has 25 heavy (non-hydrogen) atoms. The molecule has 1 amide bonds. The minimum Gasteiger partial charge on any atom is -0.383 e. The zero-order valence-corrected chi connectivity index (χ0v) is 17.6. The van der Waals surface area contributed by atoms with Gasteiger partial charge in [-0.25, -0.2) is 13.1 Å². The molecule has 8 heteroatoms. The molecule has 2 N–H and O–H groups in total. The Morgan fingerprint density at radius 3 is 2.52 bits per heavy atom. The average molecular weight is 439 g/mol. The molecule has 2 rings (SSSR count). The van der Waals surface area contributed by atoms with Gasteiger partial charge in [-0.3, -0.25) is 4.79 Å². The molecule has 2 aliphatic carbocycles. The van der Waals surface area contributed by atoms with Crippen LogP contribution in [-0.2, 0) is 19.6 Å². The van der Waals surface area contributed by atoms with Gasteiger partial charge in [0.2, 0.25) is 15.9 Å². The van der Waals surface area contributed by atoms with E-state index in [0.717, 1.165) is 38.5 Å². The zero-order valence-electron chi connectivity index (χ0n) is 15.2. The van der Waals surface area contributed by atoms with Crippen LogP contribution in [0.4, 0.5) is 0 Å². The van der Waals surface area contributed by atoms with Crippen LogP contribution in [-0.4, -0.2) is 50.2 Å². The van der Waals surface area contributed by atoms with Crippen LogP contribution in [0.1, 0.15) is 58.3 Å². The van der Waals surface area contributed by atoms with Crippen LogP contribution in [0.3, 0.4) is 0 Å². The molecule has 3 unspecified atom stereocenters. The van der Waals surface area contributed by atoms with Crippen molar-refractivity contribution in [3.8, 4) is 0 Å². The van der Waals surface area contributed by atoms with Crippen molar-refractivity contribution in [1.82, 2.24) is 10.0 Å². The summed E-state index contributed by atoms with van der Waals surface area (Å²) in [5.41, 5.74) is 0. The van der Waals surface area contributed by atoms with E-state index >= 15 is 0 Å². The molecule has 146 valence electrons. The van der Waals surface area contributed by atoms with Crippen LogP contribution in [0.5, 0.6) is 0 Å². The number of rotatable bonds is 7. The Balaban J connectivity index is 1.89. The summed E-state index contributed by atoms with van der Waals surface area (Å²) in [7, 11) is -1.78. The Kier molecular flexibility index (Phi) is 8.17. The molecule has 0 radical (unpaired) electrons. The smallest absolute Gasteiger partial charge is 0.223 e. The number of ether oxygens (including phenoxy) is 1. The number of alkyl halides is 1. The van der Waals surface area contributed by atoms with E-state index in [9.17, 15) is 13.2 Å². The Bertz CT molecular complexity index is 535. The van der Waals surface area contributed by atoms with Crippen LogP contribution in [0, 0.1) is 5.92 Å². The maximum Gasteiger partial charge on any atom is 0.223 e. The van der Waals surface area contributed by atoms with Gasteiger partial charge in [-0.15, -0.1) is 0 Å². The summed E-state index contributed by atoms with van der Waals surface area (Å²) in [5, 5.41) is 2.46. The molecule has 0 aromatic heterocycles. The predicted octanol–water partition coefficient (Wildman–Crippen LogP) is 2.32. The van der Waals surface area contributed by atoms with Gasteiger partial charge in [-0.2, -0.15) is 0 Å². The molecular formula is C17H31BrN2O4S. The van der Waals surface area contributed by atoms with Crippen LogP contribution in [0.2, 0.25) is 0 Å². The van der Waals surface area contributed by atoms with Gasteiger partial charge in [0.05, 0.1) is 11.9 Å². The van der Waals surface area contributed by atoms with Gasteiger partial charge in [-0.05, 0) is 51.9 Å². The fraction of sp³-hybridized carbons (Fsp3) is 0.941. The summed E-state index contributed by atoms with van der Waals surface area (Å²) >= 11 is 3.60. The van der Waals surface area contributed by atoms with E-state index in [4.69, 9.17) is 4.74 Å². The maximum atomic E-state index is 12.8. The minimum atomic E-state index is -3.38. The third kappa shape index (κ3) is 6.48. The van der Waals surface area contributed by atoms with Gasteiger partial charge in [0.1, 0.15) is 0 Å². The third-order valence-electron chi connectivity index (χ3n) is 5.23. The second-order valence-electron chi connectivity index (χ2n) is 7.46. The van der Waals surface area contributed by atoms with E-state index in [2.05, 4.69) is 26.0 Å². The normalized spacial score (nSPS) is 32.1. The summed E-state index contributed by atoms with van der Waals surface area (Å²) < 4.78 is 33.4. The van der Waals surface area contributed by atoms with Gasteiger partial charge in [0, 0.05) is 29.9 Å². The number of methoxy groups -OCH3 is 1. The quantitative estimate of drug-likeness (QED) is 0.597. The van der Waals surface area contributed by atoms with Crippen molar-refractivity contribution in [2.24, 2.45) is 5.92 Å². The molecule has 0 aromatic rings. The number of carbonyl (C=O) groups is 1. The molecule has 0 aromatic carbocycles. The predicted molar refractivity (Wildman–Crippen MR) is 102 cm³/mol. The molecule has 0 saturated heterocycles. The molecule has 2 saturated carbocycles. The molecule has 3 atom stereocenters. The zero-order chi connectivity index (χ0) is 18.4. The van der Waals surface area contributed by atoms with Crippen molar-refractivity contribution >= 4 is 31.9 Å². The third-order valence-corrected chi connectivity index (χ3v) is 8.11. The number of carbonyl (C=O) groups excluding carboxylic acids is 1. The molecular weight excluding hydrogens is 408 g/mol. The van der Waals surface area contributed by atoms with Crippen LogP contribution in [0.25, 0.3) is 0 Å². The highest BCUT2D eigenvalue weighted by molar-refractivity contribution is 9.09. The first-order valence-corrected chi connectivity index (χ1v) is 11.7. The first-order valence-electron chi connectivity index (χ1n) is 9.26. The lowest BCUT2D eigenvalue weighted by atomic mass is 9.88. The van der Waals surface area contributed by atoms with E-state index in [-0.39, 0.29) is 23.9 Å². The molecule has 0 spiro atoms. The van der Waals surface area contributed by atoms with Crippen molar-refractivity contribution in [2.75, 3.05) is 13.7 Å². The first kappa shape index (κ1) is 21.1. The number of halogens is 1. The summed E-state index contributed by atoms with van der Waals surface area (Å²) in [5.74, 6) is -0.280. The first-order chi connectivity index (χ1) is 11.8. The highest BCUT2D eigenvalue weighted by Gasteiger charge is 2.36. The lowest BCUT2D eigenvalue weighted by Gasteiger charge is -2.32. The molecule has 0 aliphatic heterocycles. The van der Waals surface area contributed by atoms with Gasteiger partial charge in [0.25, 0.3) is 0 Å². The Hall–Kier alpha value is -0.180. The number of hydrogen-bond donors (Lipinski definition) is 2. The average Bonchev–Trinajstić information content (AvgIpc) is 2.57. The van der Waals surface area contributed by atoms with Crippen molar-refractivity contribution in [3.63, 3.8) is 0 Å². The Labute approximate surface area is 160 Å². The summed E-state index contributed by atoms with van der Waals surface area (Å²) in [6.07, 6.45) is 6.33. The number of hydrogen-bond acceptors (Lipinski definition) is 4. The van der Waals surface area contributed by atoms with Gasteiger partial charge >= 0.3 is 0 Å². The Morgan fingerprint density at radius 2 is 1.88 bits per heavy atom. The van der Waals surface area contributed by atoms with Crippen molar-refractivity contribution in [2.45, 2.75) is 80.5 Å². The molecule has 2 fully saturated rings. The van der Waals surface area contributed by atoms with Crippen molar-refractivity contribution in [1.29, 1.82) is 0 Å². The van der Waals surface area contributed by atoms with E-state index in [0.29, 0.717) is 24.3 Å². The van der Waals surface area contributed by atoms with Crippen LogP contribution < -0.4 is 10.0 Å². The lowest BCUT2D eigenvalue weighted by Crippen LogP contribution is -2.47. The largest absolute Gasteiger partial charge is 0.383 e. The van der Waals surface area contributed by atoms with E-state index in [1.165, 1.54) is 0 Å². The number of amides is 1. The molecule has 0 heterocycles. The molecule has 6 nitrogen and oxygen atoms in total. The van der Waals surface area contributed by atoms with Crippen molar-refractivity contribution in [3.05, 3.63) is 0 Å². The van der Waals surface area contributed by atoms with Crippen LogP contribution >= 0.6 is 15.9 Å². The summed E-state index contributed by atoms with van der Waals surface area (Å²) in [6, 6.07) is -0.0261. The number of sulfonamides is 1. The molecule has 0 bridgehead atoms. The standard InChI is InChI=1S/C17H31BrN2O4S/c1-12(11-24-2)19-17(21)13-4-3-5-16(10-13)25(22,23)20-15-8-6-14(18)7-9-15/h12-16,20H,3-11H2,1-2H3,(H,19,21). The fourth-order valence-electron chi connectivity index (χ4n) is 3.82. The minimum absolute atomic E-state index is 0.0368. The summed E-state index contributed by atoms with van der Waals surface area (Å²) in [4.78, 5) is 12.9. The lowest BCUT2D eigenvalue weighted by molar-refractivity contribution is -0.126. The molecule has 2 aliphatic rings. The topological polar surface area (TPSA) is 84.5 Å². The monoisotopic (exact) mass is 438 g/mol. The summed E-state index contributed by atoms with van der Waals surface area (Å²) in [6.45, 7) is 2.35. The van der Waals surface area contributed by atoms with Crippen molar-refractivity contribution < 1.29 is 17.9 Å². The highest BCUT2D eigenvalue weighted by atomic mass is 79.9. The second kappa shape index (κ2) is 9.67.